The number of morpholine rings is 1. The summed E-state index contributed by atoms with van der Waals surface area (Å²) < 4.78 is 6.65. The van der Waals surface area contributed by atoms with Crippen LogP contribution in [0.5, 0.6) is 0 Å². The van der Waals surface area contributed by atoms with Crippen molar-refractivity contribution in [3.05, 3.63) is 22.1 Å². The van der Waals surface area contributed by atoms with Gasteiger partial charge in [0.05, 0.1) is 13.2 Å². The minimum atomic E-state index is -0.208. The van der Waals surface area contributed by atoms with Crippen LogP contribution < -0.4 is 10.5 Å². The normalized spacial score (nSPS) is 21.6. The lowest BCUT2D eigenvalue weighted by Crippen LogP contribution is -2.49. The van der Waals surface area contributed by atoms with E-state index >= 15 is 0 Å². The maximum Gasteiger partial charge on any atom is 0.275 e. The molecule has 0 saturated carbocycles. The summed E-state index contributed by atoms with van der Waals surface area (Å²) in [5.41, 5.74) is 0.493. The van der Waals surface area contributed by atoms with Crippen LogP contribution in [0.4, 0.5) is 5.13 Å². The second kappa shape index (κ2) is 6.14. The summed E-state index contributed by atoms with van der Waals surface area (Å²) in [5, 5.41) is 5.09. The van der Waals surface area contributed by atoms with Crippen molar-refractivity contribution in [3.63, 3.8) is 0 Å². The first-order valence-corrected chi connectivity index (χ1v) is 8.96. The van der Waals surface area contributed by atoms with Crippen LogP contribution in [0.15, 0.2) is 10.9 Å². The number of aryl methyl sites for hydroxylation is 1. The Balaban J connectivity index is 1.64. The Bertz CT molecular complexity index is 826. The number of ether oxygens (including phenoxy) is 1. The molecule has 2 aromatic rings. The highest BCUT2D eigenvalue weighted by atomic mass is 32.1. The Labute approximate surface area is 142 Å². The predicted octanol–water partition coefficient (Wildman–Crippen LogP) is 0.287. The molecule has 9 heteroatoms. The molecule has 2 fully saturated rings. The van der Waals surface area contributed by atoms with Crippen LogP contribution in [0.25, 0.3) is 4.96 Å². The summed E-state index contributed by atoms with van der Waals surface area (Å²) in [5.74, 6) is 0.131. The van der Waals surface area contributed by atoms with Gasteiger partial charge < -0.3 is 14.5 Å². The third-order valence-corrected chi connectivity index (χ3v) is 5.41. The van der Waals surface area contributed by atoms with Gasteiger partial charge >= 0.3 is 0 Å². The molecule has 2 aliphatic rings. The maximum atomic E-state index is 12.8. The quantitative estimate of drug-likeness (QED) is 0.775. The predicted molar refractivity (Wildman–Crippen MR) is 89.6 cm³/mol. The summed E-state index contributed by atoms with van der Waals surface area (Å²) in [6.45, 7) is 5.04. The van der Waals surface area contributed by atoms with E-state index in [0.717, 1.165) is 19.4 Å². The maximum absolute atomic E-state index is 12.8. The largest absolute Gasteiger partial charge is 0.378 e. The van der Waals surface area contributed by atoms with Crippen molar-refractivity contribution in [1.29, 1.82) is 0 Å². The summed E-state index contributed by atoms with van der Waals surface area (Å²) in [4.78, 5) is 33.7. The second-order valence-corrected chi connectivity index (χ2v) is 7.04. The lowest BCUT2D eigenvalue weighted by Gasteiger charge is -2.32. The van der Waals surface area contributed by atoms with Crippen LogP contribution in [0.2, 0.25) is 0 Å². The number of hydrogen-bond acceptors (Lipinski definition) is 7. The molecule has 0 radical (unpaired) electrons. The van der Waals surface area contributed by atoms with Crippen molar-refractivity contribution >= 4 is 27.3 Å². The van der Waals surface area contributed by atoms with E-state index < -0.39 is 0 Å². The SMILES string of the molecule is Cc1cc(=O)n2nc(N3CCCC3C(=O)N3CCOCC3)sc2n1. The van der Waals surface area contributed by atoms with Gasteiger partial charge in [-0.05, 0) is 19.8 Å². The molecule has 2 aromatic heterocycles. The Morgan fingerprint density at radius 1 is 1.33 bits per heavy atom. The molecule has 2 saturated heterocycles. The molecule has 0 N–H and O–H groups in total. The fourth-order valence-corrected chi connectivity index (χ4v) is 4.30. The first-order valence-electron chi connectivity index (χ1n) is 8.14. The Kier molecular flexibility index (Phi) is 3.97. The molecular formula is C15H19N5O3S. The second-order valence-electron chi connectivity index (χ2n) is 6.10. The molecule has 0 aliphatic carbocycles. The van der Waals surface area contributed by atoms with Crippen LogP contribution in [0.1, 0.15) is 18.5 Å². The first-order chi connectivity index (χ1) is 11.6. The first kappa shape index (κ1) is 15.5. The lowest BCUT2D eigenvalue weighted by atomic mass is 10.2. The summed E-state index contributed by atoms with van der Waals surface area (Å²) in [7, 11) is 0. The van der Waals surface area contributed by atoms with Gasteiger partial charge in [-0.15, -0.1) is 5.10 Å². The molecule has 128 valence electrons. The van der Waals surface area contributed by atoms with Gasteiger partial charge in [0, 0.05) is 31.4 Å². The van der Waals surface area contributed by atoms with E-state index in [1.807, 2.05) is 9.80 Å². The Hall–Kier alpha value is -2.00. The molecule has 24 heavy (non-hydrogen) atoms. The monoisotopic (exact) mass is 349 g/mol. The molecule has 1 atom stereocenters. The van der Waals surface area contributed by atoms with Crippen molar-refractivity contribution in [2.45, 2.75) is 25.8 Å². The number of carbonyl (C=O) groups is 1. The number of anilines is 1. The number of fused-ring (bicyclic) bond motifs is 1. The molecule has 8 nitrogen and oxygen atoms in total. The molecule has 1 unspecified atom stereocenters. The molecule has 1 amide bonds. The number of aromatic nitrogens is 3. The van der Waals surface area contributed by atoms with Gasteiger partial charge in [-0.2, -0.15) is 4.52 Å². The molecule has 4 heterocycles. The average molecular weight is 349 g/mol. The summed E-state index contributed by atoms with van der Waals surface area (Å²) >= 11 is 1.36. The Morgan fingerprint density at radius 2 is 2.12 bits per heavy atom. The van der Waals surface area contributed by atoms with Crippen LogP contribution in [-0.4, -0.2) is 64.3 Å². The molecular weight excluding hydrogens is 330 g/mol. The molecule has 2 aliphatic heterocycles. The number of nitrogens with zero attached hydrogens (tertiary/aromatic N) is 5. The number of amides is 1. The van der Waals surface area contributed by atoms with Gasteiger partial charge in [-0.25, -0.2) is 4.98 Å². The molecule has 0 spiro atoms. The zero-order valence-electron chi connectivity index (χ0n) is 13.5. The van der Waals surface area contributed by atoms with Gasteiger partial charge in [-0.3, -0.25) is 9.59 Å². The topological polar surface area (TPSA) is 80.0 Å². The zero-order chi connectivity index (χ0) is 16.7. The minimum Gasteiger partial charge on any atom is -0.378 e. The minimum absolute atomic E-state index is 0.131. The highest BCUT2D eigenvalue weighted by Gasteiger charge is 2.36. The van der Waals surface area contributed by atoms with Crippen LogP contribution in [0, 0.1) is 6.92 Å². The van der Waals surface area contributed by atoms with Gasteiger partial charge in [0.1, 0.15) is 6.04 Å². The molecule has 4 rings (SSSR count). The highest BCUT2D eigenvalue weighted by Crippen LogP contribution is 2.30. The Morgan fingerprint density at radius 3 is 2.92 bits per heavy atom. The van der Waals surface area contributed by atoms with Gasteiger partial charge in [0.2, 0.25) is 16.0 Å². The zero-order valence-corrected chi connectivity index (χ0v) is 14.3. The van der Waals surface area contributed by atoms with Gasteiger partial charge in [-0.1, -0.05) is 11.3 Å². The van der Waals surface area contributed by atoms with Crippen LogP contribution >= 0.6 is 11.3 Å². The van der Waals surface area contributed by atoms with E-state index in [1.165, 1.54) is 21.9 Å². The molecule has 0 bridgehead atoms. The van der Waals surface area contributed by atoms with Gasteiger partial charge in [0.25, 0.3) is 5.56 Å². The van der Waals surface area contributed by atoms with E-state index in [9.17, 15) is 9.59 Å². The number of rotatable bonds is 2. The fraction of sp³-hybridized carbons (Fsp3) is 0.600. The molecule has 0 aromatic carbocycles. The van der Waals surface area contributed by atoms with Crippen LogP contribution in [-0.2, 0) is 9.53 Å². The van der Waals surface area contributed by atoms with E-state index in [0.29, 0.717) is 42.1 Å². The van der Waals surface area contributed by atoms with Crippen molar-refractivity contribution < 1.29 is 9.53 Å². The van der Waals surface area contributed by atoms with Gasteiger partial charge in [0.15, 0.2) is 0 Å². The van der Waals surface area contributed by atoms with Crippen molar-refractivity contribution in [2.24, 2.45) is 0 Å². The van der Waals surface area contributed by atoms with Crippen molar-refractivity contribution in [1.82, 2.24) is 19.5 Å². The van der Waals surface area contributed by atoms with Crippen molar-refractivity contribution in [3.8, 4) is 0 Å². The smallest absolute Gasteiger partial charge is 0.275 e. The van der Waals surface area contributed by atoms with E-state index in [1.54, 1.807) is 6.92 Å². The average Bonchev–Trinajstić information content (AvgIpc) is 3.21. The van der Waals surface area contributed by atoms with E-state index in [2.05, 4.69) is 10.1 Å². The number of carbonyl (C=O) groups excluding carboxylic acids is 1. The van der Waals surface area contributed by atoms with E-state index in [4.69, 9.17) is 4.74 Å². The third kappa shape index (κ3) is 2.67. The summed E-state index contributed by atoms with van der Waals surface area (Å²) in [6.07, 6.45) is 1.76. The van der Waals surface area contributed by atoms with E-state index in [-0.39, 0.29) is 17.5 Å². The highest BCUT2D eigenvalue weighted by molar-refractivity contribution is 7.20. The summed E-state index contributed by atoms with van der Waals surface area (Å²) in [6, 6.07) is 1.26. The fourth-order valence-electron chi connectivity index (χ4n) is 3.27. The van der Waals surface area contributed by atoms with Crippen LogP contribution in [0.3, 0.4) is 0 Å². The lowest BCUT2D eigenvalue weighted by molar-refractivity contribution is -0.136. The standard InChI is InChI=1S/C15H19N5O3S/c1-10-9-12(21)20-14(16-10)24-15(17-20)19-4-2-3-11(19)13(22)18-5-7-23-8-6-18/h9,11H,2-8H2,1H3. The number of hydrogen-bond donors (Lipinski definition) is 0. The van der Waals surface area contributed by atoms with Crippen molar-refractivity contribution in [2.75, 3.05) is 37.7 Å². The third-order valence-electron chi connectivity index (χ3n) is 4.47.